The third-order valence-electron chi connectivity index (χ3n) is 4.42. The first-order chi connectivity index (χ1) is 12.6. The van der Waals surface area contributed by atoms with Crippen LogP contribution in [0.4, 0.5) is 10.1 Å². The summed E-state index contributed by atoms with van der Waals surface area (Å²) < 4.78 is 20.7. The Kier molecular flexibility index (Phi) is 4.26. The van der Waals surface area contributed by atoms with E-state index in [1.807, 2.05) is 11.6 Å². The van der Waals surface area contributed by atoms with E-state index in [-0.39, 0.29) is 17.8 Å². The van der Waals surface area contributed by atoms with Crippen LogP contribution in [-0.2, 0) is 17.9 Å². The Balaban J connectivity index is 1.49. The van der Waals surface area contributed by atoms with Crippen molar-refractivity contribution in [3.8, 4) is 0 Å². The number of carbonyl (C=O) groups is 1. The van der Waals surface area contributed by atoms with E-state index in [1.165, 1.54) is 29.8 Å². The normalized spacial score (nSPS) is 16.2. The van der Waals surface area contributed by atoms with Crippen LogP contribution in [0.2, 0.25) is 0 Å². The van der Waals surface area contributed by atoms with Crippen molar-refractivity contribution in [3.63, 3.8) is 0 Å². The highest BCUT2D eigenvalue weighted by Gasteiger charge is 2.24. The Morgan fingerprint density at radius 3 is 2.65 bits per heavy atom. The molecule has 1 N–H and O–H groups in total. The first-order valence-corrected chi connectivity index (χ1v) is 8.40. The van der Waals surface area contributed by atoms with E-state index in [0.29, 0.717) is 24.5 Å². The van der Waals surface area contributed by atoms with Crippen LogP contribution in [0.3, 0.4) is 0 Å². The summed E-state index contributed by atoms with van der Waals surface area (Å²) in [5, 5.41) is 7.13. The van der Waals surface area contributed by atoms with E-state index >= 15 is 0 Å². The lowest BCUT2D eigenvalue weighted by molar-refractivity contribution is -0.00119. The third-order valence-corrected chi connectivity index (χ3v) is 4.42. The number of aromatic nitrogens is 2. The largest absolute Gasteiger partial charge is 0.365 e. The van der Waals surface area contributed by atoms with Gasteiger partial charge in [0.1, 0.15) is 11.9 Å². The average molecular weight is 351 g/mol. The van der Waals surface area contributed by atoms with E-state index in [9.17, 15) is 9.18 Å². The number of nitrogens with zero attached hydrogens (tertiary/aromatic N) is 2. The van der Waals surface area contributed by atoms with Gasteiger partial charge in [-0.25, -0.2) is 4.39 Å². The number of anilines is 1. The standard InChI is InChI=1S/C20H18FN3O2/c1-13-2-4-14(5-3-13)19-11-24-17(12-26-19)10-18(23-24)20(25)22-16-8-6-15(21)7-9-16/h2-10,19H,11-12H2,1H3,(H,22,25)/t19-/m1/s1. The molecule has 0 saturated heterocycles. The number of rotatable bonds is 3. The number of hydrogen-bond donors (Lipinski definition) is 1. The lowest BCUT2D eigenvalue weighted by Crippen LogP contribution is -2.22. The molecule has 0 spiro atoms. The fourth-order valence-corrected chi connectivity index (χ4v) is 2.95. The smallest absolute Gasteiger partial charge is 0.276 e. The third kappa shape index (κ3) is 3.36. The van der Waals surface area contributed by atoms with Gasteiger partial charge in [0.2, 0.25) is 0 Å². The minimum absolute atomic E-state index is 0.0870. The number of halogens is 1. The average Bonchev–Trinajstić information content (AvgIpc) is 3.08. The summed E-state index contributed by atoms with van der Waals surface area (Å²) in [6, 6.07) is 15.6. The van der Waals surface area contributed by atoms with Crippen LogP contribution in [0.25, 0.3) is 0 Å². The molecular formula is C20H18FN3O2. The highest BCUT2D eigenvalue weighted by atomic mass is 19.1. The molecule has 2 heterocycles. The molecule has 2 aromatic carbocycles. The Morgan fingerprint density at radius 1 is 1.19 bits per heavy atom. The van der Waals surface area contributed by atoms with Crippen molar-refractivity contribution in [2.45, 2.75) is 26.2 Å². The van der Waals surface area contributed by atoms with E-state index in [4.69, 9.17) is 4.74 Å². The molecule has 1 aromatic heterocycles. The van der Waals surface area contributed by atoms with Crippen LogP contribution < -0.4 is 5.32 Å². The second-order valence-corrected chi connectivity index (χ2v) is 6.37. The van der Waals surface area contributed by atoms with E-state index in [0.717, 1.165) is 11.3 Å². The lowest BCUT2D eigenvalue weighted by Gasteiger charge is -2.24. The molecule has 3 aromatic rings. The zero-order valence-corrected chi connectivity index (χ0v) is 14.3. The molecule has 0 fully saturated rings. The molecule has 5 nitrogen and oxygen atoms in total. The maximum absolute atomic E-state index is 13.0. The van der Waals surface area contributed by atoms with Gasteiger partial charge in [0.15, 0.2) is 5.69 Å². The number of aryl methyl sites for hydroxylation is 1. The van der Waals surface area contributed by atoms with Gasteiger partial charge in [-0.2, -0.15) is 5.10 Å². The summed E-state index contributed by atoms with van der Waals surface area (Å²) >= 11 is 0. The molecule has 1 atom stereocenters. The van der Waals surface area contributed by atoms with Gasteiger partial charge in [-0.15, -0.1) is 0 Å². The van der Waals surface area contributed by atoms with Gasteiger partial charge in [0.05, 0.1) is 18.8 Å². The predicted molar refractivity (Wildman–Crippen MR) is 95.3 cm³/mol. The van der Waals surface area contributed by atoms with Gasteiger partial charge in [-0.05, 0) is 42.8 Å². The van der Waals surface area contributed by atoms with E-state index < -0.39 is 0 Å². The Labute approximate surface area is 150 Å². The molecule has 0 bridgehead atoms. The molecule has 0 unspecified atom stereocenters. The highest BCUT2D eigenvalue weighted by molar-refractivity contribution is 6.02. The number of amides is 1. The zero-order valence-electron chi connectivity index (χ0n) is 14.3. The predicted octanol–water partition coefficient (Wildman–Crippen LogP) is 3.85. The van der Waals surface area contributed by atoms with Gasteiger partial charge in [0, 0.05) is 5.69 Å². The quantitative estimate of drug-likeness (QED) is 0.780. The van der Waals surface area contributed by atoms with Crippen molar-refractivity contribution in [3.05, 3.63) is 82.9 Å². The molecule has 1 amide bonds. The maximum atomic E-state index is 13.0. The topological polar surface area (TPSA) is 56.2 Å². The monoisotopic (exact) mass is 351 g/mol. The second-order valence-electron chi connectivity index (χ2n) is 6.37. The fraction of sp³-hybridized carbons (Fsp3) is 0.200. The van der Waals surface area contributed by atoms with Crippen molar-refractivity contribution in [1.82, 2.24) is 9.78 Å². The molecule has 4 rings (SSSR count). The molecular weight excluding hydrogens is 333 g/mol. The Morgan fingerprint density at radius 2 is 1.92 bits per heavy atom. The first-order valence-electron chi connectivity index (χ1n) is 8.40. The van der Waals surface area contributed by atoms with Gasteiger partial charge in [0.25, 0.3) is 5.91 Å². The van der Waals surface area contributed by atoms with Crippen molar-refractivity contribution in [1.29, 1.82) is 0 Å². The molecule has 1 aliphatic rings. The first kappa shape index (κ1) is 16.5. The lowest BCUT2D eigenvalue weighted by atomic mass is 10.1. The number of fused-ring (bicyclic) bond motifs is 1. The van der Waals surface area contributed by atoms with Crippen molar-refractivity contribution >= 4 is 11.6 Å². The van der Waals surface area contributed by atoms with Crippen LogP contribution in [0.1, 0.15) is 33.4 Å². The number of hydrogen-bond acceptors (Lipinski definition) is 3. The summed E-state index contributed by atoms with van der Waals surface area (Å²) in [6.45, 7) is 3.00. The number of ether oxygens (including phenoxy) is 1. The summed E-state index contributed by atoms with van der Waals surface area (Å²) in [5.41, 5.74) is 3.99. The number of carbonyl (C=O) groups excluding carboxylic acids is 1. The van der Waals surface area contributed by atoms with Crippen molar-refractivity contribution in [2.75, 3.05) is 5.32 Å². The van der Waals surface area contributed by atoms with Crippen molar-refractivity contribution in [2.24, 2.45) is 0 Å². The summed E-state index contributed by atoms with van der Waals surface area (Å²) in [5.74, 6) is -0.676. The summed E-state index contributed by atoms with van der Waals surface area (Å²) in [6.07, 6.45) is -0.0870. The van der Waals surface area contributed by atoms with Gasteiger partial charge >= 0.3 is 0 Å². The maximum Gasteiger partial charge on any atom is 0.276 e. The minimum Gasteiger partial charge on any atom is -0.365 e. The molecule has 26 heavy (non-hydrogen) atoms. The zero-order chi connectivity index (χ0) is 18.1. The van der Waals surface area contributed by atoms with Crippen LogP contribution >= 0.6 is 0 Å². The van der Waals surface area contributed by atoms with Gasteiger partial charge < -0.3 is 10.1 Å². The number of nitrogens with one attached hydrogen (secondary N) is 1. The van der Waals surface area contributed by atoms with Crippen molar-refractivity contribution < 1.29 is 13.9 Å². The van der Waals surface area contributed by atoms with E-state index in [2.05, 4.69) is 34.7 Å². The molecule has 1 aliphatic heterocycles. The van der Waals surface area contributed by atoms with Crippen LogP contribution in [0.15, 0.2) is 54.6 Å². The second kappa shape index (κ2) is 6.72. The summed E-state index contributed by atoms with van der Waals surface area (Å²) in [4.78, 5) is 12.4. The van der Waals surface area contributed by atoms with Crippen LogP contribution in [0, 0.1) is 12.7 Å². The molecule has 0 aliphatic carbocycles. The minimum atomic E-state index is -0.347. The fourth-order valence-electron chi connectivity index (χ4n) is 2.95. The molecule has 0 radical (unpaired) electrons. The molecule has 0 saturated carbocycles. The number of benzene rings is 2. The van der Waals surface area contributed by atoms with Crippen LogP contribution in [-0.4, -0.2) is 15.7 Å². The van der Waals surface area contributed by atoms with E-state index in [1.54, 1.807) is 6.07 Å². The molecule has 132 valence electrons. The van der Waals surface area contributed by atoms with Gasteiger partial charge in [-0.1, -0.05) is 29.8 Å². The highest BCUT2D eigenvalue weighted by Crippen LogP contribution is 2.27. The SMILES string of the molecule is Cc1ccc([C@H]2Cn3nc(C(=O)Nc4ccc(F)cc4)cc3CO2)cc1. The Hall–Kier alpha value is -2.99. The molecule has 6 heteroatoms. The Bertz CT molecular complexity index is 933. The van der Waals surface area contributed by atoms with Gasteiger partial charge in [-0.3, -0.25) is 9.48 Å². The van der Waals surface area contributed by atoms with Crippen LogP contribution in [0.5, 0.6) is 0 Å². The summed E-state index contributed by atoms with van der Waals surface area (Å²) in [7, 11) is 0.